The molecule has 1 saturated carbocycles. The fourth-order valence-corrected chi connectivity index (χ4v) is 3.37. The van der Waals surface area contributed by atoms with Gasteiger partial charge in [0.05, 0.1) is 18.8 Å². The number of rotatable bonds is 4. The SMILES string of the molecule is CC(C)NCc1ccc(N2CCOC3CCCC32)cc1. The molecule has 20 heavy (non-hydrogen) atoms. The van der Waals surface area contributed by atoms with E-state index in [1.165, 1.54) is 30.5 Å². The van der Waals surface area contributed by atoms with Crippen molar-refractivity contribution < 1.29 is 4.74 Å². The summed E-state index contributed by atoms with van der Waals surface area (Å²) in [6, 6.07) is 10.2. The van der Waals surface area contributed by atoms with Crippen molar-refractivity contribution >= 4 is 5.69 Å². The van der Waals surface area contributed by atoms with E-state index < -0.39 is 0 Å². The molecule has 3 nitrogen and oxygen atoms in total. The van der Waals surface area contributed by atoms with Crippen LogP contribution in [0.25, 0.3) is 0 Å². The van der Waals surface area contributed by atoms with Crippen molar-refractivity contribution in [1.82, 2.24) is 5.32 Å². The maximum absolute atomic E-state index is 5.89. The van der Waals surface area contributed by atoms with Crippen molar-refractivity contribution in [2.24, 2.45) is 0 Å². The molecule has 1 aliphatic heterocycles. The molecule has 1 aromatic rings. The fraction of sp³-hybridized carbons (Fsp3) is 0.647. The van der Waals surface area contributed by atoms with Gasteiger partial charge in [-0.1, -0.05) is 26.0 Å². The van der Waals surface area contributed by atoms with E-state index in [0.717, 1.165) is 19.7 Å². The van der Waals surface area contributed by atoms with Crippen LogP contribution in [0.4, 0.5) is 5.69 Å². The zero-order chi connectivity index (χ0) is 13.9. The highest BCUT2D eigenvalue weighted by Gasteiger charge is 2.35. The standard InChI is InChI=1S/C17H26N2O/c1-13(2)18-12-14-6-8-15(9-7-14)19-10-11-20-17-5-3-4-16(17)19/h6-9,13,16-18H,3-5,10-12H2,1-2H3. The summed E-state index contributed by atoms with van der Waals surface area (Å²) in [6.07, 6.45) is 4.28. The summed E-state index contributed by atoms with van der Waals surface area (Å²) in [5.74, 6) is 0. The van der Waals surface area contributed by atoms with E-state index in [0.29, 0.717) is 18.2 Å². The zero-order valence-electron chi connectivity index (χ0n) is 12.6. The lowest BCUT2D eigenvalue weighted by Gasteiger charge is -2.39. The smallest absolute Gasteiger partial charge is 0.0779 e. The van der Waals surface area contributed by atoms with Crippen molar-refractivity contribution in [3.63, 3.8) is 0 Å². The van der Waals surface area contributed by atoms with Crippen LogP contribution < -0.4 is 10.2 Å². The highest BCUT2D eigenvalue weighted by molar-refractivity contribution is 5.49. The second-order valence-corrected chi connectivity index (χ2v) is 6.30. The second kappa shape index (κ2) is 6.15. The van der Waals surface area contributed by atoms with Gasteiger partial charge in [-0.25, -0.2) is 0 Å². The Morgan fingerprint density at radius 3 is 2.80 bits per heavy atom. The average Bonchev–Trinajstić information content (AvgIpc) is 2.94. The maximum atomic E-state index is 5.89. The number of hydrogen-bond acceptors (Lipinski definition) is 3. The van der Waals surface area contributed by atoms with Gasteiger partial charge >= 0.3 is 0 Å². The number of hydrogen-bond donors (Lipinski definition) is 1. The lowest BCUT2D eigenvalue weighted by Crippen LogP contribution is -2.48. The minimum absolute atomic E-state index is 0.464. The lowest BCUT2D eigenvalue weighted by molar-refractivity contribution is 0.0256. The topological polar surface area (TPSA) is 24.5 Å². The molecule has 1 heterocycles. The molecule has 0 aromatic heterocycles. The van der Waals surface area contributed by atoms with Crippen LogP contribution in [0, 0.1) is 0 Å². The number of nitrogens with one attached hydrogen (secondary N) is 1. The van der Waals surface area contributed by atoms with Crippen LogP contribution in [-0.2, 0) is 11.3 Å². The van der Waals surface area contributed by atoms with E-state index in [4.69, 9.17) is 4.74 Å². The molecular weight excluding hydrogens is 248 g/mol. The summed E-state index contributed by atoms with van der Waals surface area (Å²) in [5.41, 5.74) is 2.72. The summed E-state index contributed by atoms with van der Waals surface area (Å²) >= 11 is 0. The van der Waals surface area contributed by atoms with E-state index >= 15 is 0 Å². The summed E-state index contributed by atoms with van der Waals surface area (Å²) in [7, 11) is 0. The third-order valence-electron chi connectivity index (χ3n) is 4.46. The van der Waals surface area contributed by atoms with Crippen LogP contribution in [-0.4, -0.2) is 31.3 Å². The minimum Gasteiger partial charge on any atom is -0.374 e. The Kier molecular flexibility index (Phi) is 4.27. The van der Waals surface area contributed by atoms with Gasteiger partial charge < -0.3 is 15.0 Å². The Bertz CT molecular complexity index is 429. The van der Waals surface area contributed by atoms with Crippen molar-refractivity contribution in [3.8, 4) is 0 Å². The first-order chi connectivity index (χ1) is 9.74. The Labute approximate surface area is 122 Å². The van der Waals surface area contributed by atoms with E-state index in [1.54, 1.807) is 0 Å². The Morgan fingerprint density at radius 1 is 1.25 bits per heavy atom. The van der Waals surface area contributed by atoms with E-state index in [1.807, 2.05) is 0 Å². The largest absolute Gasteiger partial charge is 0.374 e. The van der Waals surface area contributed by atoms with Crippen LogP contribution >= 0.6 is 0 Å². The number of nitrogens with zero attached hydrogens (tertiary/aromatic N) is 1. The fourth-order valence-electron chi connectivity index (χ4n) is 3.37. The van der Waals surface area contributed by atoms with Gasteiger partial charge in [0.2, 0.25) is 0 Å². The predicted molar refractivity (Wildman–Crippen MR) is 83.1 cm³/mol. The maximum Gasteiger partial charge on any atom is 0.0779 e. The van der Waals surface area contributed by atoms with E-state index in [9.17, 15) is 0 Å². The van der Waals surface area contributed by atoms with Crippen LogP contribution in [0.5, 0.6) is 0 Å². The van der Waals surface area contributed by atoms with E-state index in [2.05, 4.69) is 48.3 Å². The minimum atomic E-state index is 0.464. The molecule has 2 fully saturated rings. The van der Waals surface area contributed by atoms with Gasteiger partial charge in [0.25, 0.3) is 0 Å². The van der Waals surface area contributed by atoms with Crippen LogP contribution in [0.1, 0.15) is 38.7 Å². The Morgan fingerprint density at radius 2 is 2.05 bits per heavy atom. The monoisotopic (exact) mass is 274 g/mol. The number of ether oxygens (including phenoxy) is 1. The van der Waals surface area contributed by atoms with Gasteiger partial charge in [-0.05, 0) is 37.0 Å². The highest BCUT2D eigenvalue weighted by atomic mass is 16.5. The molecular formula is C17H26N2O. The van der Waals surface area contributed by atoms with Crippen LogP contribution in [0.15, 0.2) is 24.3 Å². The molecule has 2 atom stereocenters. The molecule has 1 aliphatic carbocycles. The first kappa shape index (κ1) is 13.9. The van der Waals surface area contributed by atoms with Gasteiger partial charge in [-0.2, -0.15) is 0 Å². The van der Waals surface area contributed by atoms with Crippen molar-refractivity contribution in [1.29, 1.82) is 0 Å². The molecule has 0 radical (unpaired) electrons. The molecule has 1 saturated heterocycles. The summed E-state index contributed by atoms with van der Waals surface area (Å²) in [4.78, 5) is 2.56. The lowest BCUT2D eigenvalue weighted by atomic mass is 10.1. The normalized spacial score (nSPS) is 26.1. The second-order valence-electron chi connectivity index (χ2n) is 6.30. The number of fused-ring (bicyclic) bond motifs is 1. The first-order valence-corrected chi connectivity index (χ1v) is 7.94. The summed E-state index contributed by atoms with van der Waals surface area (Å²) < 4.78 is 5.89. The summed E-state index contributed by atoms with van der Waals surface area (Å²) in [5, 5.41) is 3.46. The molecule has 0 bridgehead atoms. The quantitative estimate of drug-likeness (QED) is 0.913. The van der Waals surface area contributed by atoms with Crippen molar-refractivity contribution in [2.75, 3.05) is 18.1 Å². The molecule has 2 unspecified atom stereocenters. The molecule has 0 spiro atoms. The molecule has 2 aliphatic rings. The van der Waals surface area contributed by atoms with Crippen LogP contribution in [0.2, 0.25) is 0 Å². The average molecular weight is 274 g/mol. The third kappa shape index (κ3) is 2.99. The summed E-state index contributed by atoms with van der Waals surface area (Å²) in [6.45, 7) is 7.22. The van der Waals surface area contributed by atoms with Gasteiger partial charge in [0, 0.05) is 24.8 Å². The van der Waals surface area contributed by atoms with Gasteiger partial charge in [0.15, 0.2) is 0 Å². The number of benzene rings is 1. The molecule has 1 N–H and O–H groups in total. The first-order valence-electron chi connectivity index (χ1n) is 7.94. The predicted octanol–water partition coefficient (Wildman–Crippen LogP) is 2.94. The van der Waals surface area contributed by atoms with Crippen molar-refractivity contribution in [2.45, 2.75) is 57.8 Å². The molecule has 3 heteroatoms. The zero-order valence-corrected chi connectivity index (χ0v) is 12.6. The molecule has 1 aromatic carbocycles. The number of morpholine rings is 1. The Balaban J connectivity index is 1.67. The molecule has 0 amide bonds. The van der Waals surface area contributed by atoms with Crippen molar-refractivity contribution in [3.05, 3.63) is 29.8 Å². The molecule has 3 rings (SSSR count). The van der Waals surface area contributed by atoms with E-state index in [-0.39, 0.29) is 0 Å². The van der Waals surface area contributed by atoms with Crippen LogP contribution in [0.3, 0.4) is 0 Å². The van der Waals surface area contributed by atoms with Gasteiger partial charge in [-0.3, -0.25) is 0 Å². The molecule has 110 valence electrons. The Hall–Kier alpha value is -1.06. The van der Waals surface area contributed by atoms with Gasteiger partial charge in [0.1, 0.15) is 0 Å². The van der Waals surface area contributed by atoms with Gasteiger partial charge in [-0.15, -0.1) is 0 Å². The number of anilines is 1. The highest BCUT2D eigenvalue weighted by Crippen LogP contribution is 2.33. The third-order valence-corrected chi connectivity index (χ3v) is 4.46.